The van der Waals surface area contributed by atoms with Crippen molar-refractivity contribution < 1.29 is 18.3 Å². The van der Waals surface area contributed by atoms with Crippen LogP contribution in [0.5, 0.6) is 0 Å². The van der Waals surface area contributed by atoms with Crippen LogP contribution in [-0.2, 0) is 21.2 Å². The highest BCUT2D eigenvalue weighted by molar-refractivity contribution is 7.91. The molecule has 0 aliphatic carbocycles. The maximum absolute atomic E-state index is 12.0. The maximum atomic E-state index is 12.0. The number of thiophene rings is 1. The van der Waals surface area contributed by atoms with Crippen molar-refractivity contribution in [2.45, 2.75) is 37.4 Å². The molecule has 2 N–H and O–H groups in total. The molecule has 0 aromatic carbocycles. The zero-order valence-electron chi connectivity index (χ0n) is 10.5. The van der Waals surface area contributed by atoms with Gasteiger partial charge in [0.1, 0.15) is 10.3 Å². The van der Waals surface area contributed by atoms with Crippen LogP contribution in [0.15, 0.2) is 16.3 Å². The van der Waals surface area contributed by atoms with Crippen molar-refractivity contribution in [2.75, 3.05) is 0 Å². The SMILES string of the molecule is CCc1ccc(S(=O)(=O)N[C@@H](C(=O)O)C(C)C)s1. The molecule has 0 bridgehead atoms. The van der Waals surface area contributed by atoms with E-state index in [0.29, 0.717) is 0 Å². The Bertz CT molecular complexity index is 519. The fourth-order valence-electron chi connectivity index (χ4n) is 1.39. The minimum atomic E-state index is -3.75. The van der Waals surface area contributed by atoms with Gasteiger partial charge in [0.2, 0.25) is 0 Å². The first-order valence-electron chi connectivity index (χ1n) is 5.61. The summed E-state index contributed by atoms with van der Waals surface area (Å²) in [7, 11) is -3.75. The van der Waals surface area contributed by atoms with Crippen LogP contribution in [0.3, 0.4) is 0 Å². The lowest BCUT2D eigenvalue weighted by Gasteiger charge is -2.17. The maximum Gasteiger partial charge on any atom is 0.322 e. The summed E-state index contributed by atoms with van der Waals surface area (Å²) in [6.45, 7) is 5.25. The number of nitrogens with one attached hydrogen (secondary N) is 1. The van der Waals surface area contributed by atoms with Crippen LogP contribution in [0, 0.1) is 5.92 Å². The van der Waals surface area contributed by atoms with Gasteiger partial charge in [0.15, 0.2) is 0 Å². The summed E-state index contributed by atoms with van der Waals surface area (Å²) in [6, 6.07) is 2.14. The number of sulfonamides is 1. The second-order valence-corrected chi connectivity index (χ2v) is 7.36. The minimum Gasteiger partial charge on any atom is -0.480 e. The van der Waals surface area contributed by atoms with Crippen molar-refractivity contribution in [1.29, 1.82) is 0 Å². The van der Waals surface area contributed by atoms with Gasteiger partial charge in [-0.2, -0.15) is 4.72 Å². The van der Waals surface area contributed by atoms with Crippen LogP contribution in [0.4, 0.5) is 0 Å². The number of hydrogen-bond acceptors (Lipinski definition) is 4. The molecule has 1 rings (SSSR count). The van der Waals surface area contributed by atoms with Gasteiger partial charge in [0.05, 0.1) is 0 Å². The molecule has 1 heterocycles. The predicted octanol–water partition coefficient (Wildman–Crippen LogP) is 1.70. The molecule has 18 heavy (non-hydrogen) atoms. The number of rotatable bonds is 6. The summed E-state index contributed by atoms with van der Waals surface area (Å²) in [6.07, 6.45) is 0.757. The molecule has 7 heteroatoms. The molecule has 0 amide bonds. The Balaban J connectivity index is 2.96. The molecule has 0 radical (unpaired) electrons. The first kappa shape index (κ1) is 15.1. The van der Waals surface area contributed by atoms with Crippen molar-refractivity contribution >= 4 is 27.3 Å². The van der Waals surface area contributed by atoms with Crippen molar-refractivity contribution in [3.8, 4) is 0 Å². The summed E-state index contributed by atoms with van der Waals surface area (Å²) in [4.78, 5) is 11.9. The topological polar surface area (TPSA) is 83.5 Å². The first-order valence-corrected chi connectivity index (χ1v) is 7.91. The van der Waals surface area contributed by atoms with Crippen LogP contribution >= 0.6 is 11.3 Å². The molecule has 0 unspecified atom stereocenters. The molecular formula is C11H17NO4S2. The van der Waals surface area contributed by atoms with E-state index in [1.165, 1.54) is 6.07 Å². The largest absolute Gasteiger partial charge is 0.480 e. The fraction of sp³-hybridized carbons (Fsp3) is 0.545. The Morgan fingerprint density at radius 2 is 2.06 bits per heavy atom. The molecular weight excluding hydrogens is 274 g/mol. The van der Waals surface area contributed by atoms with Crippen LogP contribution in [0.1, 0.15) is 25.6 Å². The average Bonchev–Trinajstić information content (AvgIpc) is 2.74. The molecule has 1 aromatic rings. The second-order valence-electron chi connectivity index (χ2n) is 4.26. The van der Waals surface area contributed by atoms with E-state index in [4.69, 9.17) is 5.11 Å². The zero-order chi connectivity index (χ0) is 13.9. The molecule has 0 saturated heterocycles. The highest BCUT2D eigenvalue weighted by Gasteiger charge is 2.28. The molecule has 1 aromatic heterocycles. The third-order valence-corrected chi connectivity index (χ3v) is 5.63. The van der Waals surface area contributed by atoms with Gasteiger partial charge in [0.25, 0.3) is 10.0 Å². The zero-order valence-corrected chi connectivity index (χ0v) is 12.1. The summed E-state index contributed by atoms with van der Waals surface area (Å²) in [5.74, 6) is -1.48. The summed E-state index contributed by atoms with van der Waals surface area (Å²) in [5, 5.41) is 8.98. The number of carboxylic acid groups (broad SMARTS) is 1. The average molecular weight is 291 g/mol. The Kier molecular flexibility index (Phi) is 4.89. The lowest BCUT2D eigenvalue weighted by atomic mass is 10.1. The van der Waals surface area contributed by atoms with E-state index in [1.807, 2.05) is 6.92 Å². The number of carbonyl (C=O) groups is 1. The van der Waals surface area contributed by atoms with Crippen molar-refractivity contribution in [3.63, 3.8) is 0 Å². The van der Waals surface area contributed by atoms with Crippen LogP contribution in [-0.4, -0.2) is 25.5 Å². The molecule has 1 atom stereocenters. The van der Waals surface area contributed by atoms with E-state index in [1.54, 1.807) is 19.9 Å². The molecule has 0 fully saturated rings. The Hall–Kier alpha value is -0.920. The summed E-state index contributed by atoms with van der Waals surface area (Å²) in [5.41, 5.74) is 0. The van der Waals surface area contributed by atoms with Crippen LogP contribution in [0.2, 0.25) is 0 Å². The first-order chi connectivity index (χ1) is 8.27. The number of aliphatic carboxylic acids is 1. The second kappa shape index (κ2) is 5.81. The Labute approximate surface area is 111 Å². The number of aryl methyl sites for hydroxylation is 1. The quantitative estimate of drug-likeness (QED) is 0.835. The van der Waals surface area contributed by atoms with E-state index in [2.05, 4.69) is 4.72 Å². The van der Waals surface area contributed by atoms with Gasteiger partial charge in [0, 0.05) is 4.88 Å². The van der Waals surface area contributed by atoms with Gasteiger partial charge in [-0.05, 0) is 24.5 Å². The van der Waals surface area contributed by atoms with Crippen molar-refractivity contribution in [2.24, 2.45) is 5.92 Å². The smallest absolute Gasteiger partial charge is 0.322 e. The Morgan fingerprint density at radius 1 is 1.44 bits per heavy atom. The minimum absolute atomic E-state index is 0.159. The lowest BCUT2D eigenvalue weighted by Crippen LogP contribution is -2.43. The molecule has 102 valence electrons. The number of hydrogen-bond donors (Lipinski definition) is 2. The van der Waals surface area contributed by atoms with Gasteiger partial charge < -0.3 is 5.11 Å². The molecule has 0 saturated carbocycles. The third-order valence-electron chi connectivity index (χ3n) is 2.47. The summed E-state index contributed by atoms with van der Waals surface area (Å²) >= 11 is 1.16. The highest BCUT2D eigenvalue weighted by Crippen LogP contribution is 2.22. The van der Waals surface area contributed by atoms with E-state index in [9.17, 15) is 13.2 Å². The van der Waals surface area contributed by atoms with Gasteiger partial charge in [-0.3, -0.25) is 4.79 Å². The standard InChI is InChI=1S/C11H17NO4S2/c1-4-8-5-6-9(17-8)18(15,16)12-10(7(2)3)11(13)14/h5-7,10,12H,4H2,1-3H3,(H,13,14)/t10-/m1/s1. The molecule has 5 nitrogen and oxygen atoms in total. The summed E-state index contributed by atoms with van der Waals surface area (Å²) < 4.78 is 26.4. The van der Waals surface area contributed by atoms with Gasteiger partial charge in [-0.1, -0.05) is 20.8 Å². The van der Waals surface area contributed by atoms with Crippen molar-refractivity contribution in [1.82, 2.24) is 4.72 Å². The van der Waals surface area contributed by atoms with E-state index in [-0.39, 0.29) is 10.1 Å². The monoisotopic (exact) mass is 291 g/mol. The van der Waals surface area contributed by atoms with E-state index >= 15 is 0 Å². The van der Waals surface area contributed by atoms with E-state index in [0.717, 1.165) is 22.6 Å². The highest BCUT2D eigenvalue weighted by atomic mass is 32.2. The van der Waals surface area contributed by atoms with Gasteiger partial charge in [-0.25, -0.2) is 8.42 Å². The Morgan fingerprint density at radius 3 is 2.44 bits per heavy atom. The van der Waals surface area contributed by atoms with Gasteiger partial charge >= 0.3 is 5.97 Å². The number of carboxylic acids is 1. The van der Waals surface area contributed by atoms with Crippen molar-refractivity contribution in [3.05, 3.63) is 17.0 Å². The molecule has 0 aliphatic heterocycles. The van der Waals surface area contributed by atoms with Crippen LogP contribution in [0.25, 0.3) is 0 Å². The molecule has 0 spiro atoms. The lowest BCUT2D eigenvalue weighted by molar-refractivity contribution is -0.140. The van der Waals surface area contributed by atoms with E-state index < -0.39 is 22.0 Å². The van der Waals surface area contributed by atoms with Gasteiger partial charge in [-0.15, -0.1) is 11.3 Å². The molecule has 0 aliphatic rings. The predicted molar refractivity (Wildman–Crippen MR) is 70.3 cm³/mol. The third kappa shape index (κ3) is 3.54. The normalized spacial score (nSPS) is 13.8. The van der Waals surface area contributed by atoms with Crippen LogP contribution < -0.4 is 4.72 Å². The fourth-order valence-corrected chi connectivity index (χ4v) is 4.04.